The molecule has 2 aromatic carbocycles. The van der Waals surface area contributed by atoms with Crippen molar-refractivity contribution in [1.82, 2.24) is 4.90 Å². The second-order valence-electron chi connectivity index (χ2n) is 6.49. The zero-order chi connectivity index (χ0) is 14.9. The number of benzene rings is 2. The molecule has 2 aromatic rings. The summed E-state index contributed by atoms with van der Waals surface area (Å²) in [4.78, 5) is 14.2. The van der Waals surface area contributed by atoms with Gasteiger partial charge in [-0.3, -0.25) is 4.79 Å². The van der Waals surface area contributed by atoms with Gasteiger partial charge < -0.3 is 4.90 Å². The molecule has 1 amide bonds. The fraction of sp³-hybridized carbons (Fsp3) is 0.350. The third-order valence-electron chi connectivity index (χ3n) is 5.13. The molecule has 2 fully saturated rings. The van der Waals surface area contributed by atoms with E-state index in [1.807, 2.05) is 6.07 Å². The number of carbonyl (C=O) groups excluding carboxylic acids is 1. The first-order chi connectivity index (χ1) is 10.8. The molecule has 0 aliphatic carbocycles. The molecule has 2 aliphatic rings. The molecule has 0 aromatic heterocycles. The van der Waals surface area contributed by atoms with Crippen LogP contribution in [0, 0.1) is 0 Å². The maximum Gasteiger partial charge on any atom is 0.223 e. The van der Waals surface area contributed by atoms with Crippen LogP contribution in [0.2, 0.25) is 0 Å². The van der Waals surface area contributed by atoms with Crippen LogP contribution in [0.4, 0.5) is 0 Å². The Morgan fingerprint density at radius 3 is 2.36 bits per heavy atom. The number of hydrogen-bond acceptors (Lipinski definition) is 1. The number of carbonyl (C=O) groups is 1. The molecule has 0 radical (unpaired) electrons. The highest BCUT2D eigenvalue weighted by Gasteiger charge is 2.40. The predicted octanol–water partition coefficient (Wildman–Crippen LogP) is 4.05. The minimum absolute atomic E-state index is 0.369. The minimum Gasteiger partial charge on any atom is -0.336 e. The molecule has 2 heterocycles. The van der Waals surface area contributed by atoms with Crippen molar-refractivity contribution >= 4 is 5.91 Å². The van der Waals surface area contributed by atoms with Gasteiger partial charge in [-0.1, -0.05) is 54.6 Å². The van der Waals surface area contributed by atoms with Gasteiger partial charge in [-0.05, 0) is 42.4 Å². The first kappa shape index (κ1) is 13.6. The summed E-state index contributed by atoms with van der Waals surface area (Å²) in [7, 11) is 0. The average Bonchev–Trinajstić information content (AvgIpc) is 3.13. The molecule has 2 saturated heterocycles. The quantitative estimate of drug-likeness (QED) is 0.835. The van der Waals surface area contributed by atoms with Crippen LogP contribution < -0.4 is 0 Å². The Morgan fingerprint density at radius 1 is 0.864 bits per heavy atom. The number of amides is 1. The first-order valence-corrected chi connectivity index (χ1v) is 8.27. The normalized spacial score (nSPS) is 23.8. The third kappa shape index (κ3) is 2.43. The SMILES string of the molecule is O=C1CC[C@H]2CC[C@H](Cc3ccc(-c4ccccc4)cc3)N12. The third-order valence-corrected chi connectivity index (χ3v) is 5.13. The summed E-state index contributed by atoms with van der Waals surface area (Å²) >= 11 is 0. The van der Waals surface area contributed by atoms with E-state index in [1.54, 1.807) is 0 Å². The van der Waals surface area contributed by atoms with Gasteiger partial charge in [0.2, 0.25) is 5.91 Å². The Bertz CT molecular complexity index is 662. The fourth-order valence-corrected chi connectivity index (χ4v) is 4.01. The maximum absolute atomic E-state index is 12.0. The van der Waals surface area contributed by atoms with Gasteiger partial charge in [0.1, 0.15) is 0 Å². The molecule has 2 nitrogen and oxygen atoms in total. The van der Waals surface area contributed by atoms with Crippen LogP contribution >= 0.6 is 0 Å². The smallest absolute Gasteiger partial charge is 0.223 e. The topological polar surface area (TPSA) is 20.3 Å². The number of rotatable bonds is 3. The van der Waals surface area contributed by atoms with Crippen LogP contribution in [0.25, 0.3) is 11.1 Å². The molecule has 22 heavy (non-hydrogen) atoms. The maximum atomic E-state index is 12.0. The summed E-state index contributed by atoms with van der Waals surface area (Å²) in [6, 6.07) is 20.2. The van der Waals surface area contributed by atoms with Gasteiger partial charge in [-0.2, -0.15) is 0 Å². The van der Waals surface area contributed by atoms with Crippen molar-refractivity contribution in [3.8, 4) is 11.1 Å². The van der Waals surface area contributed by atoms with Crippen LogP contribution in [0.3, 0.4) is 0 Å². The zero-order valence-corrected chi connectivity index (χ0v) is 12.7. The van der Waals surface area contributed by atoms with Crippen LogP contribution in [-0.4, -0.2) is 22.9 Å². The Morgan fingerprint density at radius 2 is 1.59 bits per heavy atom. The minimum atomic E-state index is 0.369. The summed E-state index contributed by atoms with van der Waals surface area (Å²) < 4.78 is 0. The van der Waals surface area contributed by atoms with E-state index in [2.05, 4.69) is 53.4 Å². The lowest BCUT2D eigenvalue weighted by molar-refractivity contribution is -0.129. The Labute approximate surface area is 131 Å². The van der Waals surface area contributed by atoms with E-state index in [0.717, 1.165) is 25.7 Å². The van der Waals surface area contributed by atoms with E-state index in [1.165, 1.54) is 23.1 Å². The molecule has 4 rings (SSSR count). The zero-order valence-electron chi connectivity index (χ0n) is 12.7. The molecular formula is C20H21NO. The summed E-state index contributed by atoms with van der Waals surface area (Å²) in [6.07, 6.45) is 5.18. The van der Waals surface area contributed by atoms with Gasteiger partial charge in [0.15, 0.2) is 0 Å². The Hall–Kier alpha value is -2.09. The second kappa shape index (κ2) is 5.60. The molecule has 0 spiro atoms. The molecule has 112 valence electrons. The van der Waals surface area contributed by atoms with Gasteiger partial charge in [-0.25, -0.2) is 0 Å². The summed E-state index contributed by atoms with van der Waals surface area (Å²) in [5, 5.41) is 0. The average molecular weight is 291 g/mol. The fourth-order valence-electron chi connectivity index (χ4n) is 4.01. The number of fused-ring (bicyclic) bond motifs is 1. The van der Waals surface area contributed by atoms with Crippen LogP contribution in [0.5, 0.6) is 0 Å². The highest BCUT2D eigenvalue weighted by Crippen LogP contribution is 2.35. The molecule has 2 atom stereocenters. The summed E-state index contributed by atoms with van der Waals surface area (Å²) in [6.45, 7) is 0. The number of nitrogens with zero attached hydrogens (tertiary/aromatic N) is 1. The number of hydrogen-bond donors (Lipinski definition) is 0. The van der Waals surface area contributed by atoms with E-state index in [-0.39, 0.29) is 0 Å². The van der Waals surface area contributed by atoms with Crippen molar-refractivity contribution in [2.45, 2.75) is 44.2 Å². The van der Waals surface area contributed by atoms with Crippen molar-refractivity contribution in [3.63, 3.8) is 0 Å². The van der Waals surface area contributed by atoms with Crippen LogP contribution in [0.1, 0.15) is 31.2 Å². The van der Waals surface area contributed by atoms with Gasteiger partial charge in [0.25, 0.3) is 0 Å². The van der Waals surface area contributed by atoms with E-state index < -0.39 is 0 Å². The molecule has 2 heteroatoms. The largest absolute Gasteiger partial charge is 0.336 e. The van der Waals surface area contributed by atoms with Gasteiger partial charge >= 0.3 is 0 Å². The molecule has 2 aliphatic heterocycles. The van der Waals surface area contributed by atoms with Gasteiger partial charge in [-0.15, -0.1) is 0 Å². The summed E-state index contributed by atoms with van der Waals surface area (Å²) in [5.41, 5.74) is 3.85. The Balaban J connectivity index is 1.49. The lowest BCUT2D eigenvalue weighted by Crippen LogP contribution is -2.36. The van der Waals surface area contributed by atoms with E-state index >= 15 is 0 Å². The Kier molecular flexibility index (Phi) is 3.45. The lowest BCUT2D eigenvalue weighted by atomic mass is 9.99. The van der Waals surface area contributed by atoms with Crippen LogP contribution in [-0.2, 0) is 11.2 Å². The first-order valence-electron chi connectivity index (χ1n) is 8.27. The van der Waals surface area contributed by atoms with Gasteiger partial charge in [0, 0.05) is 18.5 Å². The molecule has 0 bridgehead atoms. The van der Waals surface area contributed by atoms with Crippen molar-refractivity contribution in [1.29, 1.82) is 0 Å². The highest BCUT2D eigenvalue weighted by atomic mass is 16.2. The second-order valence-corrected chi connectivity index (χ2v) is 6.49. The van der Waals surface area contributed by atoms with Gasteiger partial charge in [0.05, 0.1) is 0 Å². The molecule has 0 saturated carbocycles. The van der Waals surface area contributed by atoms with Crippen molar-refractivity contribution in [2.24, 2.45) is 0 Å². The highest BCUT2D eigenvalue weighted by molar-refractivity contribution is 5.79. The standard InChI is InChI=1S/C20H21NO/c22-20-13-12-18-10-11-19(21(18)20)14-15-6-8-17(9-7-15)16-4-2-1-3-5-16/h1-9,18-19H,10-14H2/t18-,19-/m1/s1. The summed E-state index contributed by atoms with van der Waals surface area (Å²) in [5.74, 6) is 0.369. The molecular weight excluding hydrogens is 270 g/mol. The lowest BCUT2D eigenvalue weighted by Gasteiger charge is -2.24. The van der Waals surface area contributed by atoms with Crippen molar-refractivity contribution < 1.29 is 4.79 Å². The monoisotopic (exact) mass is 291 g/mol. The van der Waals surface area contributed by atoms with E-state index in [9.17, 15) is 4.79 Å². The van der Waals surface area contributed by atoms with E-state index in [0.29, 0.717) is 18.0 Å². The van der Waals surface area contributed by atoms with E-state index in [4.69, 9.17) is 0 Å². The van der Waals surface area contributed by atoms with Crippen molar-refractivity contribution in [3.05, 3.63) is 60.2 Å². The molecule has 0 N–H and O–H groups in total. The van der Waals surface area contributed by atoms with Crippen molar-refractivity contribution in [2.75, 3.05) is 0 Å². The molecule has 0 unspecified atom stereocenters. The van der Waals surface area contributed by atoms with Crippen LogP contribution in [0.15, 0.2) is 54.6 Å². The predicted molar refractivity (Wildman–Crippen MR) is 88.5 cm³/mol.